The first-order chi connectivity index (χ1) is 8.86. The van der Waals surface area contributed by atoms with E-state index in [-0.39, 0.29) is 0 Å². The van der Waals surface area contributed by atoms with Crippen LogP contribution in [0.1, 0.15) is 25.7 Å². The Labute approximate surface area is 107 Å². The second-order valence-electron chi connectivity index (χ2n) is 5.04. The van der Waals surface area contributed by atoms with Crippen molar-refractivity contribution in [3.05, 3.63) is 5.89 Å². The zero-order valence-corrected chi connectivity index (χ0v) is 10.9. The topological polar surface area (TPSA) is 57.4 Å². The van der Waals surface area contributed by atoms with E-state index >= 15 is 0 Å². The van der Waals surface area contributed by atoms with Gasteiger partial charge in [-0.15, -0.1) is 5.10 Å². The maximum absolute atomic E-state index is 5.70. The highest BCUT2D eigenvalue weighted by Gasteiger charge is 2.32. The van der Waals surface area contributed by atoms with Crippen LogP contribution < -0.4 is 10.2 Å². The fourth-order valence-corrected chi connectivity index (χ4v) is 2.84. The van der Waals surface area contributed by atoms with E-state index in [0.29, 0.717) is 24.5 Å². The number of rotatable bonds is 4. The van der Waals surface area contributed by atoms with Gasteiger partial charge in [0.2, 0.25) is 5.89 Å². The summed E-state index contributed by atoms with van der Waals surface area (Å²) in [6.07, 6.45) is 2.63. The van der Waals surface area contributed by atoms with Gasteiger partial charge in [0, 0.05) is 25.7 Å². The van der Waals surface area contributed by atoms with Crippen LogP contribution in [0.5, 0.6) is 0 Å². The van der Waals surface area contributed by atoms with Gasteiger partial charge in [-0.1, -0.05) is 12.0 Å². The van der Waals surface area contributed by atoms with Gasteiger partial charge < -0.3 is 14.6 Å². The molecule has 6 heteroatoms. The molecule has 0 amide bonds. The molecule has 2 saturated heterocycles. The first-order valence-corrected chi connectivity index (χ1v) is 6.89. The Balaban J connectivity index is 1.62. The quantitative estimate of drug-likeness (QED) is 0.839. The lowest BCUT2D eigenvalue weighted by molar-refractivity contribution is 0.225. The SMILES string of the molecule is CCNCc1nnc(N2CCN3CCCC3C2)o1. The minimum absolute atomic E-state index is 0.660. The van der Waals surface area contributed by atoms with Crippen molar-refractivity contribution in [1.29, 1.82) is 0 Å². The van der Waals surface area contributed by atoms with Gasteiger partial charge in [0.1, 0.15) is 0 Å². The van der Waals surface area contributed by atoms with Gasteiger partial charge in [-0.2, -0.15) is 0 Å². The summed E-state index contributed by atoms with van der Waals surface area (Å²) in [7, 11) is 0. The van der Waals surface area contributed by atoms with Crippen molar-refractivity contribution in [3.63, 3.8) is 0 Å². The number of nitrogens with zero attached hydrogens (tertiary/aromatic N) is 4. The molecule has 2 aliphatic rings. The van der Waals surface area contributed by atoms with Crippen LogP contribution in [0.15, 0.2) is 4.42 Å². The van der Waals surface area contributed by atoms with E-state index in [9.17, 15) is 0 Å². The van der Waals surface area contributed by atoms with Crippen molar-refractivity contribution in [3.8, 4) is 0 Å². The van der Waals surface area contributed by atoms with Gasteiger partial charge in [-0.25, -0.2) is 0 Å². The number of aromatic nitrogens is 2. The molecule has 2 aliphatic heterocycles. The van der Waals surface area contributed by atoms with Gasteiger partial charge in [-0.05, 0) is 25.9 Å². The first kappa shape index (κ1) is 11.9. The lowest BCUT2D eigenvalue weighted by Crippen LogP contribution is -2.50. The highest BCUT2D eigenvalue weighted by Crippen LogP contribution is 2.24. The van der Waals surface area contributed by atoms with Crippen LogP contribution in [0.3, 0.4) is 0 Å². The predicted molar refractivity (Wildman–Crippen MR) is 68.5 cm³/mol. The van der Waals surface area contributed by atoms with Crippen molar-refractivity contribution in [1.82, 2.24) is 20.4 Å². The minimum Gasteiger partial charge on any atom is -0.407 e. The number of hydrogen-bond acceptors (Lipinski definition) is 6. The molecule has 0 aliphatic carbocycles. The summed E-state index contributed by atoms with van der Waals surface area (Å²) in [6.45, 7) is 8.05. The van der Waals surface area contributed by atoms with E-state index < -0.39 is 0 Å². The number of piperazine rings is 1. The van der Waals surface area contributed by atoms with Crippen molar-refractivity contribution < 1.29 is 4.42 Å². The molecule has 1 aromatic heterocycles. The average Bonchev–Trinajstić information content (AvgIpc) is 3.04. The summed E-state index contributed by atoms with van der Waals surface area (Å²) >= 11 is 0. The van der Waals surface area contributed by atoms with E-state index in [1.54, 1.807) is 0 Å². The molecular formula is C12H21N5O. The van der Waals surface area contributed by atoms with Crippen molar-refractivity contribution in [2.45, 2.75) is 32.4 Å². The predicted octanol–water partition coefficient (Wildman–Crippen LogP) is 0.464. The van der Waals surface area contributed by atoms with Crippen molar-refractivity contribution in [2.75, 3.05) is 37.6 Å². The Morgan fingerprint density at radius 1 is 1.33 bits per heavy atom. The Morgan fingerprint density at radius 2 is 2.28 bits per heavy atom. The van der Waals surface area contributed by atoms with Gasteiger partial charge >= 0.3 is 6.01 Å². The van der Waals surface area contributed by atoms with Gasteiger partial charge in [0.05, 0.1) is 6.54 Å². The number of nitrogens with one attached hydrogen (secondary N) is 1. The Bertz CT molecular complexity index is 394. The lowest BCUT2D eigenvalue weighted by atomic mass is 10.2. The largest absolute Gasteiger partial charge is 0.407 e. The molecule has 0 radical (unpaired) electrons. The standard InChI is InChI=1S/C12H21N5O/c1-2-13-8-11-14-15-12(18-11)17-7-6-16-5-3-4-10(16)9-17/h10,13H,2-9H2,1H3. The second-order valence-corrected chi connectivity index (χ2v) is 5.04. The summed E-state index contributed by atoms with van der Waals surface area (Å²) in [6, 6.07) is 1.37. The molecule has 0 spiro atoms. The fourth-order valence-electron chi connectivity index (χ4n) is 2.84. The van der Waals surface area contributed by atoms with Crippen molar-refractivity contribution >= 4 is 6.01 Å². The van der Waals surface area contributed by atoms with Crippen LogP contribution in [-0.4, -0.2) is 53.9 Å². The van der Waals surface area contributed by atoms with Crippen LogP contribution in [0.2, 0.25) is 0 Å². The fraction of sp³-hybridized carbons (Fsp3) is 0.833. The van der Waals surface area contributed by atoms with Gasteiger partial charge in [0.15, 0.2) is 0 Å². The zero-order chi connectivity index (χ0) is 12.4. The molecule has 3 rings (SSSR count). The molecule has 0 aromatic carbocycles. The molecule has 6 nitrogen and oxygen atoms in total. The highest BCUT2D eigenvalue weighted by atomic mass is 16.4. The van der Waals surface area contributed by atoms with Crippen LogP contribution in [0, 0.1) is 0 Å². The highest BCUT2D eigenvalue weighted by molar-refractivity contribution is 5.26. The normalized spacial score (nSPS) is 24.5. The van der Waals surface area contributed by atoms with Gasteiger partial charge in [-0.3, -0.25) is 4.90 Å². The van der Waals surface area contributed by atoms with E-state index in [2.05, 4.69) is 32.2 Å². The van der Waals surface area contributed by atoms with E-state index in [1.807, 2.05) is 0 Å². The number of anilines is 1. The molecule has 2 fully saturated rings. The summed E-state index contributed by atoms with van der Waals surface area (Å²) in [4.78, 5) is 4.81. The third-order valence-corrected chi connectivity index (χ3v) is 3.84. The monoisotopic (exact) mass is 251 g/mol. The third-order valence-electron chi connectivity index (χ3n) is 3.84. The minimum atomic E-state index is 0.660. The summed E-state index contributed by atoms with van der Waals surface area (Å²) < 4.78 is 5.70. The van der Waals surface area contributed by atoms with Crippen LogP contribution in [-0.2, 0) is 6.54 Å². The third kappa shape index (κ3) is 2.35. The summed E-state index contributed by atoms with van der Waals surface area (Å²) in [5.74, 6) is 0.681. The van der Waals surface area contributed by atoms with Crippen molar-refractivity contribution in [2.24, 2.45) is 0 Å². The maximum Gasteiger partial charge on any atom is 0.318 e. The summed E-state index contributed by atoms with van der Waals surface area (Å²) in [5.41, 5.74) is 0. The molecule has 100 valence electrons. The van der Waals surface area contributed by atoms with Gasteiger partial charge in [0.25, 0.3) is 0 Å². The Hall–Kier alpha value is -1.14. The zero-order valence-electron chi connectivity index (χ0n) is 10.9. The van der Waals surface area contributed by atoms with Crippen LogP contribution in [0.25, 0.3) is 0 Å². The lowest BCUT2D eigenvalue weighted by Gasteiger charge is -2.36. The first-order valence-electron chi connectivity index (χ1n) is 6.89. The van der Waals surface area contributed by atoms with Crippen LogP contribution >= 0.6 is 0 Å². The molecule has 1 atom stereocenters. The number of fused-ring (bicyclic) bond motifs is 1. The summed E-state index contributed by atoms with van der Waals surface area (Å²) in [5, 5.41) is 11.4. The molecular weight excluding hydrogens is 230 g/mol. The second kappa shape index (κ2) is 5.24. The van der Waals surface area contributed by atoms with E-state index in [1.165, 1.54) is 19.4 Å². The molecule has 18 heavy (non-hydrogen) atoms. The molecule has 1 aromatic rings. The average molecular weight is 251 g/mol. The number of hydrogen-bond donors (Lipinski definition) is 1. The van der Waals surface area contributed by atoms with E-state index in [4.69, 9.17) is 4.42 Å². The molecule has 1 unspecified atom stereocenters. The smallest absolute Gasteiger partial charge is 0.318 e. The van der Waals surface area contributed by atoms with E-state index in [0.717, 1.165) is 26.2 Å². The van der Waals surface area contributed by atoms with Crippen LogP contribution in [0.4, 0.5) is 6.01 Å². The Morgan fingerprint density at radius 3 is 3.17 bits per heavy atom. The molecule has 3 heterocycles. The Kier molecular flexibility index (Phi) is 3.47. The molecule has 0 bridgehead atoms. The molecule has 1 N–H and O–H groups in total. The maximum atomic E-state index is 5.70. The molecule has 0 saturated carbocycles.